The van der Waals surface area contributed by atoms with Crippen molar-refractivity contribution in [1.29, 1.82) is 0 Å². The van der Waals surface area contributed by atoms with Gasteiger partial charge in [0, 0.05) is 11.1 Å². The van der Waals surface area contributed by atoms with Crippen LogP contribution in [0.3, 0.4) is 0 Å². The fraction of sp³-hybridized carbons (Fsp3) is 0.318. The topological polar surface area (TPSA) is 81.7 Å². The molecule has 6 nitrogen and oxygen atoms in total. The van der Waals surface area contributed by atoms with Gasteiger partial charge in [-0.2, -0.15) is 11.8 Å². The molecule has 0 bridgehead atoms. The van der Waals surface area contributed by atoms with Crippen LogP contribution in [0.2, 0.25) is 0 Å². The molecule has 2 aromatic carbocycles. The van der Waals surface area contributed by atoms with Crippen molar-refractivity contribution in [3.05, 3.63) is 65.7 Å². The third kappa shape index (κ3) is 7.27. The molecule has 154 valence electrons. The van der Waals surface area contributed by atoms with Crippen LogP contribution in [0.15, 0.2) is 54.6 Å². The van der Waals surface area contributed by atoms with Crippen LogP contribution >= 0.6 is 11.8 Å². The van der Waals surface area contributed by atoms with Crippen LogP contribution in [0, 0.1) is 0 Å². The summed E-state index contributed by atoms with van der Waals surface area (Å²) in [5.74, 6) is 0.0390. The maximum absolute atomic E-state index is 12.5. The predicted molar refractivity (Wildman–Crippen MR) is 114 cm³/mol. The molecular formula is C22H25NO5S. The first-order valence-electron chi connectivity index (χ1n) is 9.32. The van der Waals surface area contributed by atoms with E-state index in [1.807, 2.05) is 19.2 Å². The number of amides is 1. The van der Waals surface area contributed by atoms with Crippen molar-refractivity contribution in [1.82, 2.24) is 5.32 Å². The van der Waals surface area contributed by atoms with Gasteiger partial charge >= 0.3 is 5.97 Å². The van der Waals surface area contributed by atoms with E-state index >= 15 is 0 Å². The maximum Gasteiger partial charge on any atom is 0.329 e. The SMILES string of the molecule is CCOc1ccc(C(=O)COC(=O)[C@@H](CCSC)NC(=O)c2ccccc2)cc1. The smallest absolute Gasteiger partial charge is 0.329 e. The molecule has 1 amide bonds. The molecule has 0 fully saturated rings. The average molecular weight is 416 g/mol. The third-order valence-electron chi connectivity index (χ3n) is 4.07. The Morgan fingerprint density at radius 3 is 2.31 bits per heavy atom. The first-order valence-corrected chi connectivity index (χ1v) is 10.7. The Hall–Kier alpha value is -2.80. The maximum atomic E-state index is 12.5. The summed E-state index contributed by atoms with van der Waals surface area (Å²) in [7, 11) is 0. The van der Waals surface area contributed by atoms with Gasteiger partial charge in [0.15, 0.2) is 12.4 Å². The highest BCUT2D eigenvalue weighted by atomic mass is 32.2. The largest absolute Gasteiger partial charge is 0.494 e. The molecule has 0 aliphatic heterocycles. The molecule has 2 aromatic rings. The molecule has 0 unspecified atom stereocenters. The number of hydrogen-bond donors (Lipinski definition) is 1. The van der Waals surface area contributed by atoms with Gasteiger partial charge in [-0.15, -0.1) is 0 Å². The lowest BCUT2D eigenvalue weighted by Gasteiger charge is -2.17. The van der Waals surface area contributed by atoms with Crippen LogP contribution in [0.4, 0.5) is 0 Å². The first kappa shape index (κ1) is 22.5. The Morgan fingerprint density at radius 1 is 1.00 bits per heavy atom. The van der Waals surface area contributed by atoms with Crippen LogP contribution < -0.4 is 10.1 Å². The fourth-order valence-corrected chi connectivity index (χ4v) is 3.01. The van der Waals surface area contributed by atoms with Crippen molar-refractivity contribution in [2.75, 3.05) is 25.2 Å². The van der Waals surface area contributed by atoms with E-state index in [2.05, 4.69) is 5.32 Å². The van der Waals surface area contributed by atoms with Gasteiger partial charge in [0.2, 0.25) is 0 Å². The van der Waals surface area contributed by atoms with Gasteiger partial charge in [-0.05, 0) is 61.8 Å². The second-order valence-corrected chi connectivity index (χ2v) is 7.15. The normalized spacial score (nSPS) is 11.4. The molecule has 1 atom stereocenters. The minimum atomic E-state index is -0.816. The van der Waals surface area contributed by atoms with E-state index in [1.54, 1.807) is 60.3 Å². The number of thioether (sulfide) groups is 1. The van der Waals surface area contributed by atoms with Gasteiger partial charge in [-0.25, -0.2) is 4.79 Å². The summed E-state index contributed by atoms with van der Waals surface area (Å²) in [4.78, 5) is 37.1. The van der Waals surface area contributed by atoms with Gasteiger partial charge < -0.3 is 14.8 Å². The summed E-state index contributed by atoms with van der Waals surface area (Å²) in [5.41, 5.74) is 0.884. The second-order valence-electron chi connectivity index (χ2n) is 6.16. The van der Waals surface area contributed by atoms with E-state index in [0.29, 0.717) is 35.7 Å². The number of nitrogens with one attached hydrogen (secondary N) is 1. The average Bonchev–Trinajstić information content (AvgIpc) is 2.76. The summed E-state index contributed by atoms with van der Waals surface area (Å²) >= 11 is 1.56. The Bertz CT molecular complexity index is 808. The summed E-state index contributed by atoms with van der Waals surface area (Å²) < 4.78 is 10.5. The number of carbonyl (C=O) groups excluding carboxylic acids is 3. The minimum Gasteiger partial charge on any atom is -0.494 e. The lowest BCUT2D eigenvalue weighted by Crippen LogP contribution is -2.42. The van der Waals surface area contributed by atoms with Crippen molar-refractivity contribution in [3.63, 3.8) is 0 Å². The molecule has 0 radical (unpaired) electrons. The molecular weight excluding hydrogens is 390 g/mol. The van der Waals surface area contributed by atoms with Gasteiger partial charge in [-0.3, -0.25) is 9.59 Å². The summed E-state index contributed by atoms with van der Waals surface area (Å²) in [6.07, 6.45) is 2.33. The van der Waals surface area contributed by atoms with Crippen LogP contribution in [0.1, 0.15) is 34.1 Å². The van der Waals surface area contributed by atoms with Crippen molar-refractivity contribution in [2.24, 2.45) is 0 Å². The van der Waals surface area contributed by atoms with Crippen LogP contribution in [-0.4, -0.2) is 48.9 Å². The zero-order valence-corrected chi connectivity index (χ0v) is 17.4. The Labute approximate surface area is 175 Å². The predicted octanol–water partition coefficient (Wildman–Crippen LogP) is 3.36. The zero-order valence-electron chi connectivity index (χ0n) is 16.6. The molecule has 7 heteroatoms. The number of rotatable bonds is 11. The number of hydrogen-bond acceptors (Lipinski definition) is 6. The summed E-state index contributed by atoms with van der Waals surface area (Å²) in [5, 5.41) is 2.70. The number of ether oxygens (including phenoxy) is 2. The van der Waals surface area contributed by atoms with Gasteiger partial charge in [0.1, 0.15) is 11.8 Å². The standard InChI is InChI=1S/C22H25NO5S/c1-3-27-18-11-9-16(10-12-18)20(24)15-28-22(26)19(13-14-29-2)23-21(25)17-7-5-4-6-8-17/h4-12,19H,3,13-15H2,1-2H3,(H,23,25)/t19-/m1/s1. The van der Waals surface area contributed by atoms with E-state index in [0.717, 1.165) is 0 Å². The lowest BCUT2D eigenvalue weighted by atomic mass is 10.1. The molecule has 0 saturated heterocycles. The van der Waals surface area contributed by atoms with E-state index in [1.165, 1.54) is 0 Å². The molecule has 0 aliphatic carbocycles. The van der Waals surface area contributed by atoms with Crippen LogP contribution in [-0.2, 0) is 9.53 Å². The Morgan fingerprint density at radius 2 is 1.69 bits per heavy atom. The zero-order chi connectivity index (χ0) is 21.1. The highest BCUT2D eigenvalue weighted by Gasteiger charge is 2.23. The summed E-state index contributed by atoms with van der Waals surface area (Å²) in [6, 6.07) is 14.5. The van der Waals surface area contributed by atoms with Gasteiger partial charge in [0.05, 0.1) is 6.61 Å². The van der Waals surface area contributed by atoms with Gasteiger partial charge in [0.25, 0.3) is 5.91 Å². The molecule has 0 aromatic heterocycles. The quantitative estimate of drug-likeness (QED) is 0.448. The molecule has 0 spiro atoms. The Balaban J connectivity index is 1.94. The third-order valence-corrected chi connectivity index (χ3v) is 4.71. The highest BCUT2D eigenvalue weighted by Crippen LogP contribution is 2.13. The van der Waals surface area contributed by atoms with Crippen LogP contribution in [0.25, 0.3) is 0 Å². The molecule has 2 rings (SSSR count). The van der Waals surface area contributed by atoms with Crippen molar-refractivity contribution in [2.45, 2.75) is 19.4 Å². The molecule has 0 saturated carbocycles. The number of ketones is 1. The number of carbonyl (C=O) groups is 3. The van der Waals surface area contributed by atoms with Crippen molar-refractivity contribution >= 4 is 29.4 Å². The molecule has 0 aliphatic rings. The number of esters is 1. The minimum absolute atomic E-state index is 0.320. The van der Waals surface area contributed by atoms with E-state index in [9.17, 15) is 14.4 Å². The first-order chi connectivity index (χ1) is 14.0. The van der Waals surface area contributed by atoms with Crippen molar-refractivity contribution in [3.8, 4) is 5.75 Å². The van der Waals surface area contributed by atoms with E-state index < -0.39 is 12.0 Å². The lowest BCUT2D eigenvalue weighted by molar-refractivity contribution is -0.144. The molecule has 0 heterocycles. The second kappa shape index (κ2) is 11.9. The van der Waals surface area contributed by atoms with E-state index in [4.69, 9.17) is 9.47 Å². The molecule has 29 heavy (non-hydrogen) atoms. The summed E-state index contributed by atoms with van der Waals surface area (Å²) in [6.45, 7) is 2.03. The molecule has 1 N–H and O–H groups in total. The monoisotopic (exact) mass is 415 g/mol. The van der Waals surface area contributed by atoms with Crippen molar-refractivity contribution < 1.29 is 23.9 Å². The Kier molecular flexibility index (Phi) is 9.24. The number of benzene rings is 2. The fourth-order valence-electron chi connectivity index (χ4n) is 2.54. The number of Topliss-reactive ketones (excluding diaryl/α,β-unsaturated/α-hetero) is 1. The van der Waals surface area contributed by atoms with E-state index in [-0.39, 0.29) is 18.3 Å². The van der Waals surface area contributed by atoms with Crippen LogP contribution in [0.5, 0.6) is 5.75 Å². The van der Waals surface area contributed by atoms with Gasteiger partial charge in [-0.1, -0.05) is 18.2 Å². The highest BCUT2D eigenvalue weighted by molar-refractivity contribution is 7.98.